The van der Waals surface area contributed by atoms with Crippen molar-refractivity contribution in [3.05, 3.63) is 64.8 Å². The molecule has 1 aliphatic heterocycles. The summed E-state index contributed by atoms with van der Waals surface area (Å²) in [5.74, 6) is 0.989. The van der Waals surface area contributed by atoms with Crippen LogP contribution in [0.15, 0.2) is 48.7 Å². The molecule has 2 heterocycles. The normalized spacial score (nSPS) is 13.2. The molecule has 0 saturated heterocycles. The summed E-state index contributed by atoms with van der Waals surface area (Å²) in [5.41, 5.74) is 4.58. The number of nitrogens with one attached hydrogen (secondary N) is 2. The van der Waals surface area contributed by atoms with Crippen LogP contribution in [0.4, 0.5) is 28.8 Å². The molecule has 0 bridgehead atoms. The Morgan fingerprint density at radius 1 is 1.16 bits per heavy atom. The lowest BCUT2D eigenvalue weighted by atomic mass is 10.1. The maximum Gasteiger partial charge on any atom is 0.229 e. The summed E-state index contributed by atoms with van der Waals surface area (Å²) < 4.78 is 0. The molecule has 2 aromatic carbocycles. The minimum atomic E-state index is 0.149. The van der Waals surface area contributed by atoms with E-state index in [1.807, 2.05) is 48.2 Å². The number of aromatic nitrogens is 2. The predicted molar refractivity (Wildman–Crippen MR) is 127 cm³/mol. The van der Waals surface area contributed by atoms with Crippen LogP contribution in [0.2, 0.25) is 5.02 Å². The quantitative estimate of drug-likeness (QED) is 0.528. The SMILES string of the molecule is CCN1C(=O)CCCc2ccc(Nc3ncc(Cl)c(Nc4cccc(CC#N)c4)n3)cc21. The fourth-order valence-corrected chi connectivity index (χ4v) is 3.92. The van der Waals surface area contributed by atoms with Crippen molar-refractivity contribution < 1.29 is 4.79 Å². The number of nitrogens with zero attached hydrogens (tertiary/aromatic N) is 4. The largest absolute Gasteiger partial charge is 0.339 e. The molecule has 7 nitrogen and oxygen atoms in total. The number of fused-ring (bicyclic) bond motifs is 1. The number of rotatable bonds is 6. The molecule has 0 fully saturated rings. The van der Waals surface area contributed by atoms with Crippen molar-refractivity contribution in [2.75, 3.05) is 22.1 Å². The number of benzene rings is 2. The third-order valence-corrected chi connectivity index (χ3v) is 5.58. The Bertz CT molecular complexity index is 1190. The van der Waals surface area contributed by atoms with E-state index in [0.29, 0.717) is 36.2 Å². The molecule has 0 aliphatic carbocycles. The van der Waals surface area contributed by atoms with Gasteiger partial charge < -0.3 is 15.5 Å². The standard InChI is InChI=1S/C24H23ClN6O/c1-2-31-21-14-19(10-9-17(21)6-4-8-22(31)32)29-24-27-15-20(25)23(30-24)28-18-7-3-5-16(13-18)11-12-26/h3,5,7,9-10,13-15H,2,4,6,8,11H2,1H3,(H2,27,28,29,30). The van der Waals surface area contributed by atoms with E-state index < -0.39 is 0 Å². The molecule has 3 aromatic rings. The molecule has 0 unspecified atom stereocenters. The number of aryl methyl sites for hydroxylation is 1. The van der Waals surface area contributed by atoms with E-state index >= 15 is 0 Å². The number of amides is 1. The Hall–Kier alpha value is -3.63. The highest BCUT2D eigenvalue weighted by molar-refractivity contribution is 6.32. The Kier molecular flexibility index (Phi) is 6.52. The lowest BCUT2D eigenvalue weighted by Gasteiger charge is -2.22. The average Bonchev–Trinajstić information content (AvgIpc) is 2.94. The van der Waals surface area contributed by atoms with Crippen molar-refractivity contribution in [1.82, 2.24) is 9.97 Å². The monoisotopic (exact) mass is 446 g/mol. The molecule has 0 saturated carbocycles. The summed E-state index contributed by atoms with van der Waals surface area (Å²) in [6.45, 7) is 2.62. The van der Waals surface area contributed by atoms with E-state index in [4.69, 9.17) is 16.9 Å². The number of carbonyl (C=O) groups is 1. The molecule has 4 rings (SSSR count). The average molecular weight is 447 g/mol. The summed E-state index contributed by atoms with van der Waals surface area (Å²) >= 11 is 6.31. The van der Waals surface area contributed by atoms with Crippen molar-refractivity contribution in [2.24, 2.45) is 0 Å². The van der Waals surface area contributed by atoms with Gasteiger partial charge in [-0.2, -0.15) is 10.2 Å². The van der Waals surface area contributed by atoms with Crippen LogP contribution in [0.25, 0.3) is 0 Å². The summed E-state index contributed by atoms with van der Waals surface area (Å²) in [4.78, 5) is 23.1. The Morgan fingerprint density at radius 3 is 2.81 bits per heavy atom. The highest BCUT2D eigenvalue weighted by Gasteiger charge is 2.21. The first-order chi connectivity index (χ1) is 15.6. The van der Waals surface area contributed by atoms with Crippen LogP contribution in [0.5, 0.6) is 0 Å². The van der Waals surface area contributed by atoms with Gasteiger partial charge in [-0.15, -0.1) is 0 Å². The fraction of sp³-hybridized carbons (Fsp3) is 0.250. The van der Waals surface area contributed by atoms with Crippen molar-refractivity contribution in [3.63, 3.8) is 0 Å². The summed E-state index contributed by atoms with van der Waals surface area (Å²) in [7, 11) is 0. The van der Waals surface area contributed by atoms with Gasteiger partial charge in [0.1, 0.15) is 5.02 Å². The Morgan fingerprint density at radius 2 is 2.00 bits per heavy atom. The lowest BCUT2D eigenvalue weighted by molar-refractivity contribution is -0.118. The summed E-state index contributed by atoms with van der Waals surface area (Å²) in [6.07, 6.45) is 4.17. The molecule has 0 spiro atoms. The molecule has 2 N–H and O–H groups in total. The molecule has 0 radical (unpaired) electrons. The van der Waals surface area contributed by atoms with Gasteiger partial charge in [-0.25, -0.2) is 4.98 Å². The van der Waals surface area contributed by atoms with Crippen LogP contribution in [0.3, 0.4) is 0 Å². The highest BCUT2D eigenvalue weighted by atomic mass is 35.5. The lowest BCUT2D eigenvalue weighted by Crippen LogP contribution is -2.29. The van der Waals surface area contributed by atoms with E-state index in [1.54, 1.807) is 0 Å². The van der Waals surface area contributed by atoms with Crippen molar-refractivity contribution in [1.29, 1.82) is 5.26 Å². The molecule has 0 atom stereocenters. The van der Waals surface area contributed by atoms with Gasteiger partial charge in [-0.1, -0.05) is 29.8 Å². The maximum atomic E-state index is 12.4. The minimum Gasteiger partial charge on any atom is -0.339 e. The number of nitriles is 1. The second-order valence-corrected chi connectivity index (χ2v) is 7.92. The van der Waals surface area contributed by atoms with Crippen molar-refractivity contribution in [3.8, 4) is 6.07 Å². The van der Waals surface area contributed by atoms with Crippen LogP contribution >= 0.6 is 11.6 Å². The van der Waals surface area contributed by atoms with Crippen molar-refractivity contribution >= 4 is 46.3 Å². The molecule has 8 heteroatoms. The number of halogens is 1. The van der Waals surface area contributed by atoms with Gasteiger partial charge in [0.15, 0.2) is 5.82 Å². The second kappa shape index (κ2) is 9.67. The van der Waals surface area contributed by atoms with Gasteiger partial charge in [0.05, 0.1) is 18.7 Å². The summed E-state index contributed by atoms with van der Waals surface area (Å²) in [5, 5.41) is 15.7. The first-order valence-corrected chi connectivity index (χ1v) is 10.9. The zero-order valence-electron chi connectivity index (χ0n) is 17.7. The number of carbonyl (C=O) groups excluding carboxylic acids is 1. The van der Waals surface area contributed by atoms with E-state index in [0.717, 1.165) is 35.5 Å². The minimum absolute atomic E-state index is 0.149. The zero-order chi connectivity index (χ0) is 22.5. The third-order valence-electron chi connectivity index (χ3n) is 5.30. The fourth-order valence-electron chi connectivity index (χ4n) is 3.78. The smallest absolute Gasteiger partial charge is 0.229 e. The first kappa shape index (κ1) is 21.6. The van der Waals surface area contributed by atoms with Crippen LogP contribution in [0, 0.1) is 11.3 Å². The third kappa shape index (κ3) is 4.82. The predicted octanol–water partition coefficient (Wildman–Crippen LogP) is 5.37. The van der Waals surface area contributed by atoms with E-state index in [1.165, 1.54) is 11.8 Å². The Labute approximate surface area is 192 Å². The second-order valence-electron chi connectivity index (χ2n) is 7.51. The molecule has 1 amide bonds. The number of hydrogen-bond donors (Lipinski definition) is 2. The first-order valence-electron chi connectivity index (χ1n) is 10.5. The zero-order valence-corrected chi connectivity index (χ0v) is 18.5. The van der Waals surface area contributed by atoms with E-state index in [2.05, 4.69) is 32.7 Å². The van der Waals surface area contributed by atoms with Gasteiger partial charge in [0.2, 0.25) is 11.9 Å². The molecule has 1 aliphatic rings. The van der Waals surface area contributed by atoms with Gasteiger partial charge >= 0.3 is 0 Å². The molecule has 32 heavy (non-hydrogen) atoms. The van der Waals surface area contributed by atoms with Gasteiger partial charge in [-0.3, -0.25) is 4.79 Å². The molecular formula is C24H23ClN6O. The molecule has 162 valence electrons. The highest BCUT2D eigenvalue weighted by Crippen LogP contribution is 2.31. The topological polar surface area (TPSA) is 93.9 Å². The maximum absolute atomic E-state index is 12.4. The van der Waals surface area contributed by atoms with Crippen LogP contribution in [-0.2, 0) is 17.6 Å². The van der Waals surface area contributed by atoms with Crippen molar-refractivity contribution in [2.45, 2.75) is 32.6 Å². The Balaban J connectivity index is 1.58. The van der Waals surface area contributed by atoms with Crippen LogP contribution in [-0.4, -0.2) is 22.4 Å². The molecular weight excluding hydrogens is 424 g/mol. The number of anilines is 5. The van der Waals surface area contributed by atoms with Gasteiger partial charge in [-0.05, 0) is 55.2 Å². The number of hydrogen-bond acceptors (Lipinski definition) is 6. The van der Waals surface area contributed by atoms with Gasteiger partial charge in [0.25, 0.3) is 0 Å². The van der Waals surface area contributed by atoms with Crippen LogP contribution in [0.1, 0.15) is 30.9 Å². The molecule has 1 aromatic heterocycles. The van der Waals surface area contributed by atoms with E-state index in [9.17, 15) is 4.79 Å². The van der Waals surface area contributed by atoms with Crippen LogP contribution < -0.4 is 15.5 Å². The summed E-state index contributed by atoms with van der Waals surface area (Å²) in [6, 6.07) is 15.7. The van der Waals surface area contributed by atoms with E-state index in [-0.39, 0.29) is 5.91 Å². The van der Waals surface area contributed by atoms with Gasteiger partial charge in [0, 0.05) is 30.0 Å².